The first-order chi connectivity index (χ1) is 7.72. The molecule has 0 saturated heterocycles. The molecule has 3 nitrogen and oxygen atoms in total. The van der Waals surface area contributed by atoms with Gasteiger partial charge in [0.05, 0.1) is 17.8 Å². The van der Waals surface area contributed by atoms with Crippen molar-refractivity contribution in [1.29, 1.82) is 0 Å². The van der Waals surface area contributed by atoms with Crippen LogP contribution in [-0.4, -0.2) is 17.3 Å². The largest absolute Gasteiger partial charge is 0.496 e. The van der Waals surface area contributed by atoms with Crippen LogP contribution >= 0.6 is 23.2 Å². The van der Waals surface area contributed by atoms with Gasteiger partial charge in [-0.15, -0.1) is 10.2 Å². The number of benzene rings is 1. The van der Waals surface area contributed by atoms with Crippen molar-refractivity contribution in [1.82, 2.24) is 10.2 Å². The normalized spacial score (nSPS) is 10.2. The molecule has 1 aromatic carbocycles. The zero-order chi connectivity index (χ0) is 11.5. The number of para-hydroxylation sites is 1. The van der Waals surface area contributed by atoms with Crippen LogP contribution in [0.3, 0.4) is 0 Å². The van der Waals surface area contributed by atoms with Gasteiger partial charge in [-0.05, 0) is 18.2 Å². The van der Waals surface area contributed by atoms with Gasteiger partial charge in [0.2, 0.25) is 0 Å². The quantitative estimate of drug-likeness (QED) is 0.824. The van der Waals surface area contributed by atoms with Crippen molar-refractivity contribution in [2.24, 2.45) is 0 Å². The lowest BCUT2D eigenvalue weighted by molar-refractivity contribution is 0.416. The van der Waals surface area contributed by atoms with E-state index >= 15 is 0 Å². The molecule has 0 aliphatic rings. The molecule has 0 bridgehead atoms. The van der Waals surface area contributed by atoms with Crippen molar-refractivity contribution in [2.45, 2.75) is 0 Å². The maximum Gasteiger partial charge on any atom is 0.170 e. The summed E-state index contributed by atoms with van der Waals surface area (Å²) >= 11 is 11.6. The Labute approximate surface area is 103 Å². The van der Waals surface area contributed by atoms with Crippen LogP contribution < -0.4 is 4.74 Å². The number of rotatable bonds is 2. The van der Waals surface area contributed by atoms with Crippen LogP contribution in [0.15, 0.2) is 30.3 Å². The molecule has 2 rings (SSSR count). The third kappa shape index (κ3) is 2.10. The molecule has 16 heavy (non-hydrogen) atoms. The summed E-state index contributed by atoms with van der Waals surface area (Å²) in [6, 6.07) is 9.16. The predicted octanol–water partition coefficient (Wildman–Crippen LogP) is 3.46. The number of nitrogens with zero attached hydrogens (tertiary/aromatic N) is 2. The Morgan fingerprint density at radius 1 is 1.12 bits per heavy atom. The van der Waals surface area contributed by atoms with E-state index < -0.39 is 0 Å². The summed E-state index contributed by atoms with van der Waals surface area (Å²) in [4.78, 5) is 0. The van der Waals surface area contributed by atoms with Crippen LogP contribution in [0.5, 0.6) is 5.75 Å². The molecule has 0 atom stereocenters. The van der Waals surface area contributed by atoms with Crippen molar-refractivity contribution in [3.05, 3.63) is 40.5 Å². The van der Waals surface area contributed by atoms with Gasteiger partial charge in [0.1, 0.15) is 5.75 Å². The molecule has 1 aromatic heterocycles. The molecule has 0 radical (unpaired) electrons. The third-order valence-corrected chi connectivity index (χ3v) is 2.75. The van der Waals surface area contributed by atoms with Gasteiger partial charge < -0.3 is 4.74 Å². The summed E-state index contributed by atoms with van der Waals surface area (Å²) in [5, 5.41) is 8.30. The highest BCUT2D eigenvalue weighted by molar-refractivity contribution is 6.41. The maximum atomic E-state index is 5.88. The molecule has 0 N–H and O–H groups in total. The zero-order valence-electron chi connectivity index (χ0n) is 8.45. The standard InChI is InChI=1S/C11H8Cl2N2O/c1-16-10-5-3-2-4-7(10)9-6-8(12)11(13)15-14-9/h2-6H,1H3. The molecule has 2 aromatic rings. The van der Waals surface area contributed by atoms with Gasteiger partial charge in [0.15, 0.2) is 5.15 Å². The van der Waals surface area contributed by atoms with Gasteiger partial charge in [0, 0.05) is 5.56 Å². The van der Waals surface area contributed by atoms with E-state index in [0.717, 1.165) is 11.3 Å². The fraction of sp³-hybridized carbons (Fsp3) is 0.0909. The Balaban J connectivity index is 2.54. The summed E-state index contributed by atoms with van der Waals surface area (Å²) in [6.45, 7) is 0. The number of aromatic nitrogens is 2. The molecule has 0 fully saturated rings. The highest BCUT2D eigenvalue weighted by Gasteiger charge is 2.09. The number of hydrogen-bond acceptors (Lipinski definition) is 3. The monoisotopic (exact) mass is 254 g/mol. The minimum Gasteiger partial charge on any atom is -0.496 e. The van der Waals surface area contributed by atoms with E-state index in [2.05, 4.69) is 10.2 Å². The molecule has 0 unspecified atom stereocenters. The van der Waals surface area contributed by atoms with Crippen molar-refractivity contribution in [2.75, 3.05) is 7.11 Å². The fourth-order valence-electron chi connectivity index (χ4n) is 1.34. The number of ether oxygens (including phenoxy) is 1. The fourth-order valence-corrected chi connectivity index (χ4v) is 1.58. The second kappa shape index (κ2) is 4.68. The van der Waals surface area contributed by atoms with E-state index in [1.54, 1.807) is 13.2 Å². The van der Waals surface area contributed by atoms with E-state index in [9.17, 15) is 0 Å². The molecule has 1 heterocycles. The van der Waals surface area contributed by atoms with Crippen LogP contribution in [0.25, 0.3) is 11.3 Å². The average molecular weight is 255 g/mol. The minimum atomic E-state index is 0.195. The lowest BCUT2D eigenvalue weighted by Crippen LogP contribution is -1.92. The maximum absolute atomic E-state index is 5.88. The van der Waals surface area contributed by atoms with E-state index in [-0.39, 0.29) is 5.15 Å². The molecule has 0 saturated carbocycles. The van der Waals surface area contributed by atoms with Gasteiger partial charge in [-0.25, -0.2) is 0 Å². The first-order valence-corrected chi connectivity index (χ1v) is 5.30. The van der Waals surface area contributed by atoms with Crippen LogP contribution in [0.1, 0.15) is 0 Å². The average Bonchev–Trinajstić information content (AvgIpc) is 2.32. The molecule has 82 valence electrons. The van der Waals surface area contributed by atoms with Crippen molar-refractivity contribution >= 4 is 23.2 Å². The van der Waals surface area contributed by atoms with Crippen molar-refractivity contribution in [3.63, 3.8) is 0 Å². The highest BCUT2D eigenvalue weighted by atomic mass is 35.5. The summed E-state index contributed by atoms with van der Waals surface area (Å²) in [5.41, 5.74) is 1.46. The highest BCUT2D eigenvalue weighted by Crippen LogP contribution is 2.30. The minimum absolute atomic E-state index is 0.195. The van der Waals surface area contributed by atoms with E-state index in [4.69, 9.17) is 27.9 Å². The van der Waals surface area contributed by atoms with Crippen LogP contribution in [0.2, 0.25) is 10.2 Å². The zero-order valence-corrected chi connectivity index (χ0v) is 9.96. The van der Waals surface area contributed by atoms with Crippen LogP contribution in [0.4, 0.5) is 0 Å². The molecule has 0 aliphatic carbocycles. The molecular formula is C11H8Cl2N2O. The number of methoxy groups -OCH3 is 1. The van der Waals surface area contributed by atoms with Crippen LogP contribution in [-0.2, 0) is 0 Å². The van der Waals surface area contributed by atoms with Crippen molar-refractivity contribution < 1.29 is 4.74 Å². The van der Waals surface area contributed by atoms with Gasteiger partial charge in [-0.3, -0.25) is 0 Å². The summed E-state index contributed by atoms with van der Waals surface area (Å²) in [5.74, 6) is 0.718. The Morgan fingerprint density at radius 2 is 1.88 bits per heavy atom. The first-order valence-electron chi connectivity index (χ1n) is 4.54. The molecule has 5 heteroatoms. The summed E-state index contributed by atoms with van der Waals surface area (Å²) in [7, 11) is 1.60. The summed E-state index contributed by atoms with van der Waals surface area (Å²) in [6.07, 6.45) is 0. The second-order valence-electron chi connectivity index (χ2n) is 3.07. The Kier molecular flexibility index (Phi) is 3.27. The Hall–Kier alpha value is -1.32. The smallest absolute Gasteiger partial charge is 0.170 e. The molecule has 0 amide bonds. The van der Waals surface area contributed by atoms with Gasteiger partial charge >= 0.3 is 0 Å². The lowest BCUT2D eigenvalue weighted by atomic mass is 10.1. The SMILES string of the molecule is COc1ccccc1-c1cc(Cl)c(Cl)nn1. The van der Waals surface area contributed by atoms with Gasteiger partial charge in [-0.1, -0.05) is 35.3 Å². The van der Waals surface area contributed by atoms with Gasteiger partial charge in [0.25, 0.3) is 0 Å². The molecule has 0 aliphatic heterocycles. The number of hydrogen-bond donors (Lipinski definition) is 0. The van der Waals surface area contributed by atoms with E-state index in [1.165, 1.54) is 0 Å². The first kappa shape index (κ1) is 11.2. The number of halogens is 2. The van der Waals surface area contributed by atoms with Crippen molar-refractivity contribution in [3.8, 4) is 17.0 Å². The van der Waals surface area contributed by atoms with E-state index in [0.29, 0.717) is 10.7 Å². The summed E-state index contributed by atoms with van der Waals surface area (Å²) < 4.78 is 5.23. The lowest BCUT2D eigenvalue weighted by Gasteiger charge is -2.07. The third-order valence-electron chi connectivity index (χ3n) is 2.09. The Morgan fingerprint density at radius 3 is 2.56 bits per heavy atom. The van der Waals surface area contributed by atoms with E-state index in [1.807, 2.05) is 24.3 Å². The topological polar surface area (TPSA) is 35.0 Å². The van der Waals surface area contributed by atoms with Gasteiger partial charge in [-0.2, -0.15) is 0 Å². The molecular weight excluding hydrogens is 247 g/mol. The van der Waals surface area contributed by atoms with Crippen LogP contribution in [0, 0.1) is 0 Å². The predicted molar refractivity (Wildman–Crippen MR) is 64.0 cm³/mol. The molecule has 0 spiro atoms. The Bertz CT molecular complexity index is 517. The second-order valence-corrected chi connectivity index (χ2v) is 3.83.